The summed E-state index contributed by atoms with van der Waals surface area (Å²) < 4.78 is 4.95. The number of carbonyl (C=O) groups is 1. The largest absolute Gasteiger partial charge is 0.463 e. The van der Waals surface area contributed by atoms with Gasteiger partial charge >= 0.3 is 5.97 Å². The second-order valence-electron chi connectivity index (χ2n) is 9.53. The smallest absolute Gasteiger partial charge is 0.333 e. The van der Waals surface area contributed by atoms with Crippen molar-refractivity contribution in [3.05, 3.63) is 94.2 Å². The third-order valence-electron chi connectivity index (χ3n) is 5.76. The first-order chi connectivity index (χ1) is 16.1. The van der Waals surface area contributed by atoms with Crippen LogP contribution < -0.4 is 0 Å². The van der Waals surface area contributed by atoms with Crippen molar-refractivity contribution >= 4 is 5.97 Å². The lowest BCUT2D eigenvalue weighted by molar-refractivity contribution is -0.138. The molecule has 0 amide bonds. The van der Waals surface area contributed by atoms with E-state index in [2.05, 4.69) is 69.9 Å². The predicted molar refractivity (Wildman–Crippen MR) is 147 cm³/mol. The van der Waals surface area contributed by atoms with E-state index >= 15 is 0 Å². The molecule has 0 bridgehead atoms. The molecule has 0 aromatic heterocycles. The second-order valence-corrected chi connectivity index (χ2v) is 9.53. The number of carbonyl (C=O) groups excluding carboxylic acids is 1. The van der Waals surface area contributed by atoms with E-state index in [1.807, 2.05) is 38.2 Å². The van der Waals surface area contributed by atoms with Crippen molar-refractivity contribution in [3.63, 3.8) is 0 Å². The number of hydrogen-bond acceptors (Lipinski definition) is 2. The Balaban J connectivity index is 2.67. The zero-order valence-electron chi connectivity index (χ0n) is 22.4. The van der Waals surface area contributed by atoms with E-state index < -0.39 is 0 Å². The van der Waals surface area contributed by atoms with E-state index in [9.17, 15) is 4.79 Å². The van der Waals surface area contributed by atoms with Gasteiger partial charge in [-0.25, -0.2) is 4.79 Å². The molecule has 182 valence electrons. The van der Waals surface area contributed by atoms with E-state index in [0.717, 1.165) is 11.1 Å². The molecule has 0 saturated heterocycles. The highest BCUT2D eigenvalue weighted by molar-refractivity contribution is 5.88. The Morgan fingerprint density at radius 1 is 0.941 bits per heavy atom. The SMILES string of the molecule is CCOC(=O)/C(C)=C/C=C/C(C)=C/C#C\C=C(C)/C=C/C=C(C)\C=C\C1=C(C)CCCC1(C)C. The van der Waals surface area contributed by atoms with Gasteiger partial charge in [0.1, 0.15) is 0 Å². The van der Waals surface area contributed by atoms with Crippen molar-refractivity contribution in [2.24, 2.45) is 5.41 Å². The van der Waals surface area contributed by atoms with E-state index in [1.54, 1.807) is 19.9 Å². The van der Waals surface area contributed by atoms with Crippen molar-refractivity contribution in [2.75, 3.05) is 6.61 Å². The fraction of sp³-hybridized carbons (Fsp3) is 0.406. The van der Waals surface area contributed by atoms with Crippen LogP contribution >= 0.6 is 0 Å². The van der Waals surface area contributed by atoms with Crippen LogP contribution in [0.5, 0.6) is 0 Å². The monoisotopic (exact) mass is 458 g/mol. The van der Waals surface area contributed by atoms with Crippen LogP contribution in [0, 0.1) is 17.3 Å². The molecule has 0 N–H and O–H groups in total. The first kappa shape index (κ1) is 29.0. The minimum Gasteiger partial charge on any atom is -0.463 e. The molecule has 0 fully saturated rings. The van der Waals surface area contributed by atoms with Gasteiger partial charge in [0.25, 0.3) is 0 Å². The Hall–Kier alpha value is -3.05. The van der Waals surface area contributed by atoms with Gasteiger partial charge in [0.2, 0.25) is 0 Å². The van der Waals surface area contributed by atoms with Gasteiger partial charge in [0.05, 0.1) is 6.61 Å². The summed E-state index contributed by atoms with van der Waals surface area (Å²) in [6, 6.07) is 0. The van der Waals surface area contributed by atoms with Gasteiger partial charge in [-0.2, -0.15) is 0 Å². The number of esters is 1. The van der Waals surface area contributed by atoms with Gasteiger partial charge in [0, 0.05) is 5.57 Å². The number of rotatable bonds is 8. The first-order valence-electron chi connectivity index (χ1n) is 12.2. The van der Waals surface area contributed by atoms with Crippen LogP contribution in [0.25, 0.3) is 0 Å². The topological polar surface area (TPSA) is 26.3 Å². The lowest BCUT2D eigenvalue weighted by Gasteiger charge is -2.32. The summed E-state index contributed by atoms with van der Waals surface area (Å²) in [6.07, 6.45) is 23.8. The molecule has 2 heteroatoms. The van der Waals surface area contributed by atoms with Gasteiger partial charge < -0.3 is 4.74 Å². The van der Waals surface area contributed by atoms with Crippen LogP contribution in [0.1, 0.15) is 74.7 Å². The van der Waals surface area contributed by atoms with Gasteiger partial charge in [0.15, 0.2) is 0 Å². The maximum atomic E-state index is 11.6. The van der Waals surface area contributed by atoms with E-state index in [0.29, 0.717) is 12.2 Å². The summed E-state index contributed by atoms with van der Waals surface area (Å²) in [5, 5.41) is 0. The highest BCUT2D eigenvalue weighted by Gasteiger charge is 2.26. The third kappa shape index (κ3) is 11.2. The molecule has 1 rings (SSSR count). The molecule has 0 aromatic carbocycles. The Labute approximate surface area is 208 Å². The number of ether oxygens (including phenoxy) is 1. The third-order valence-corrected chi connectivity index (χ3v) is 5.76. The standard InChI is InChI=1S/C32H42O2/c1-9-34-31(33)29(6)20-13-19-26(3)16-11-10-15-25(2)17-12-18-27(4)22-23-30-28(5)21-14-24-32(30,7)8/h12-13,15-20,22-23H,9,14,21,24H2,1-8H3/b17-12+,19-13+,23-22+,25-15-,26-16+,27-18-,29-20+. The second kappa shape index (κ2) is 15.0. The molecule has 0 unspecified atom stereocenters. The summed E-state index contributed by atoms with van der Waals surface area (Å²) in [5.41, 5.74) is 7.21. The summed E-state index contributed by atoms with van der Waals surface area (Å²) in [7, 11) is 0. The van der Waals surface area contributed by atoms with Gasteiger partial charge in [-0.15, -0.1) is 0 Å². The number of allylic oxidation sites excluding steroid dienone is 15. The van der Waals surface area contributed by atoms with E-state index in [-0.39, 0.29) is 11.4 Å². The average molecular weight is 459 g/mol. The maximum Gasteiger partial charge on any atom is 0.333 e. The highest BCUT2D eigenvalue weighted by atomic mass is 16.5. The molecule has 0 spiro atoms. The number of hydrogen-bond donors (Lipinski definition) is 0. The summed E-state index contributed by atoms with van der Waals surface area (Å²) in [6.45, 7) is 17.0. The Bertz CT molecular complexity index is 1020. The fourth-order valence-corrected chi connectivity index (χ4v) is 3.70. The fourth-order valence-electron chi connectivity index (χ4n) is 3.70. The molecule has 0 saturated carbocycles. The normalized spacial score (nSPS) is 18.1. The zero-order valence-corrected chi connectivity index (χ0v) is 22.4. The molecule has 0 atom stereocenters. The molecule has 0 radical (unpaired) electrons. The first-order valence-corrected chi connectivity index (χ1v) is 12.2. The van der Waals surface area contributed by atoms with Crippen LogP contribution in [0.4, 0.5) is 0 Å². The molecule has 1 aliphatic rings. The molecular weight excluding hydrogens is 416 g/mol. The van der Waals surface area contributed by atoms with Gasteiger partial charge in [-0.1, -0.05) is 85.4 Å². The van der Waals surface area contributed by atoms with Crippen LogP contribution in [-0.4, -0.2) is 12.6 Å². The van der Waals surface area contributed by atoms with Crippen LogP contribution in [0.3, 0.4) is 0 Å². The lowest BCUT2D eigenvalue weighted by atomic mass is 9.72. The Morgan fingerprint density at radius 3 is 2.09 bits per heavy atom. The molecule has 0 aromatic rings. The molecule has 34 heavy (non-hydrogen) atoms. The molecule has 2 nitrogen and oxygen atoms in total. The highest BCUT2D eigenvalue weighted by Crippen LogP contribution is 2.40. The van der Waals surface area contributed by atoms with Crippen molar-refractivity contribution in [1.29, 1.82) is 0 Å². The minimum atomic E-state index is -0.288. The summed E-state index contributed by atoms with van der Waals surface area (Å²) in [4.78, 5) is 11.6. The molecular formula is C32H42O2. The predicted octanol–water partition coefficient (Wildman–Crippen LogP) is 8.53. The van der Waals surface area contributed by atoms with Crippen LogP contribution in [0.2, 0.25) is 0 Å². The van der Waals surface area contributed by atoms with E-state index in [1.165, 1.54) is 36.0 Å². The Morgan fingerprint density at radius 2 is 1.53 bits per heavy atom. The molecule has 0 aliphatic heterocycles. The van der Waals surface area contributed by atoms with Crippen molar-refractivity contribution < 1.29 is 9.53 Å². The molecule has 0 heterocycles. The van der Waals surface area contributed by atoms with Gasteiger partial charge in [-0.05, 0) is 95.1 Å². The lowest BCUT2D eigenvalue weighted by Crippen LogP contribution is -2.19. The van der Waals surface area contributed by atoms with Crippen molar-refractivity contribution in [1.82, 2.24) is 0 Å². The Kier molecular flexibility index (Phi) is 12.8. The van der Waals surface area contributed by atoms with Crippen LogP contribution in [-0.2, 0) is 9.53 Å². The average Bonchev–Trinajstić information content (AvgIpc) is 2.76. The van der Waals surface area contributed by atoms with Crippen LogP contribution in [0.15, 0.2) is 94.2 Å². The maximum absolute atomic E-state index is 11.6. The van der Waals surface area contributed by atoms with E-state index in [4.69, 9.17) is 4.74 Å². The summed E-state index contributed by atoms with van der Waals surface area (Å²) in [5.74, 6) is 5.83. The van der Waals surface area contributed by atoms with Crippen molar-refractivity contribution in [3.8, 4) is 11.8 Å². The van der Waals surface area contributed by atoms with Gasteiger partial charge in [-0.3, -0.25) is 0 Å². The van der Waals surface area contributed by atoms with Crippen molar-refractivity contribution in [2.45, 2.75) is 74.7 Å². The summed E-state index contributed by atoms with van der Waals surface area (Å²) >= 11 is 0. The quantitative estimate of drug-likeness (QED) is 0.158. The minimum absolute atomic E-state index is 0.272. The molecule has 1 aliphatic carbocycles. The zero-order chi connectivity index (χ0) is 25.6.